The van der Waals surface area contributed by atoms with Crippen LogP contribution in [-0.2, 0) is 10.8 Å². The molecule has 4 nitrogen and oxygen atoms in total. The molecule has 0 atom stereocenters. The van der Waals surface area contributed by atoms with E-state index in [-0.39, 0.29) is 16.6 Å². The van der Waals surface area contributed by atoms with Crippen molar-refractivity contribution in [2.24, 2.45) is 0 Å². The van der Waals surface area contributed by atoms with Crippen LogP contribution in [0, 0.1) is 13.8 Å². The fourth-order valence-electron chi connectivity index (χ4n) is 3.06. The highest BCUT2D eigenvalue weighted by Gasteiger charge is 2.26. The van der Waals surface area contributed by atoms with E-state index in [0.29, 0.717) is 5.69 Å². The Balaban J connectivity index is 2.30. The lowest BCUT2D eigenvalue weighted by Crippen LogP contribution is -2.18. The number of aromatic hydroxyl groups is 1. The predicted octanol–water partition coefficient (Wildman–Crippen LogP) is 5.34. The van der Waals surface area contributed by atoms with Gasteiger partial charge in [0, 0.05) is 5.56 Å². The molecule has 26 heavy (non-hydrogen) atoms. The van der Waals surface area contributed by atoms with Crippen LogP contribution in [0.5, 0.6) is 5.75 Å². The van der Waals surface area contributed by atoms with Crippen molar-refractivity contribution in [1.29, 1.82) is 0 Å². The Morgan fingerprint density at radius 2 is 1.27 bits per heavy atom. The van der Waals surface area contributed by atoms with Gasteiger partial charge >= 0.3 is 0 Å². The molecule has 4 heteroatoms. The van der Waals surface area contributed by atoms with E-state index in [1.54, 1.807) is 4.80 Å². The van der Waals surface area contributed by atoms with Crippen molar-refractivity contribution in [1.82, 2.24) is 15.0 Å². The Bertz CT molecular complexity index is 946. The van der Waals surface area contributed by atoms with Gasteiger partial charge in [-0.2, -0.15) is 0 Å². The minimum Gasteiger partial charge on any atom is -0.505 e. The zero-order valence-electron chi connectivity index (χ0n) is 17.1. The second-order valence-corrected chi connectivity index (χ2v) is 9.31. The van der Waals surface area contributed by atoms with E-state index < -0.39 is 0 Å². The van der Waals surface area contributed by atoms with Crippen LogP contribution in [0.15, 0.2) is 24.3 Å². The summed E-state index contributed by atoms with van der Waals surface area (Å²) in [7, 11) is 0. The maximum absolute atomic E-state index is 11.0. The first-order chi connectivity index (χ1) is 11.9. The van der Waals surface area contributed by atoms with Gasteiger partial charge in [-0.05, 0) is 59.6 Å². The van der Waals surface area contributed by atoms with Crippen LogP contribution in [0.3, 0.4) is 0 Å². The maximum atomic E-state index is 11.0. The smallest absolute Gasteiger partial charge is 0.146 e. The van der Waals surface area contributed by atoms with E-state index in [2.05, 4.69) is 71.7 Å². The number of aromatic nitrogens is 3. The Labute approximate surface area is 155 Å². The van der Waals surface area contributed by atoms with Gasteiger partial charge < -0.3 is 5.11 Å². The lowest BCUT2D eigenvalue weighted by atomic mass is 9.80. The molecule has 138 valence electrons. The number of hydrogen-bond donors (Lipinski definition) is 1. The van der Waals surface area contributed by atoms with Crippen molar-refractivity contribution < 1.29 is 5.11 Å². The summed E-state index contributed by atoms with van der Waals surface area (Å²) in [5, 5.41) is 20.3. The molecule has 0 spiro atoms. The Kier molecular flexibility index (Phi) is 4.13. The highest BCUT2D eigenvalue weighted by atomic mass is 16.3. The summed E-state index contributed by atoms with van der Waals surface area (Å²) in [5.74, 6) is 0.249. The van der Waals surface area contributed by atoms with Gasteiger partial charge in [0.15, 0.2) is 0 Å². The van der Waals surface area contributed by atoms with E-state index in [0.717, 1.165) is 22.2 Å². The molecule has 2 aromatic carbocycles. The average Bonchev–Trinajstić information content (AvgIpc) is 2.88. The second-order valence-electron chi connectivity index (χ2n) is 9.31. The van der Waals surface area contributed by atoms with Crippen molar-refractivity contribution >= 4 is 11.0 Å². The SMILES string of the molecule is Cc1cc2nn(-c3cc(C(C)(C)C)cc(C(C)(C)C)c3O)nc2cc1C. The van der Waals surface area contributed by atoms with Gasteiger partial charge in [-0.1, -0.05) is 47.6 Å². The van der Waals surface area contributed by atoms with Gasteiger partial charge in [0.2, 0.25) is 0 Å². The summed E-state index contributed by atoms with van der Waals surface area (Å²) in [6, 6.07) is 8.20. The maximum Gasteiger partial charge on any atom is 0.146 e. The number of phenols is 1. The number of rotatable bonds is 1. The molecule has 0 aliphatic heterocycles. The molecular weight excluding hydrogens is 322 g/mol. The third kappa shape index (κ3) is 3.20. The second kappa shape index (κ2) is 5.83. The van der Waals surface area contributed by atoms with Crippen LogP contribution in [0.2, 0.25) is 0 Å². The number of aryl methyl sites for hydroxylation is 2. The summed E-state index contributed by atoms with van der Waals surface area (Å²) >= 11 is 0. The molecular formula is C22H29N3O. The molecule has 0 unspecified atom stereocenters. The zero-order chi connectivity index (χ0) is 19.4. The summed E-state index contributed by atoms with van der Waals surface area (Å²) < 4.78 is 0. The molecule has 0 aliphatic rings. The number of hydrogen-bond acceptors (Lipinski definition) is 3. The standard InChI is InChI=1S/C22H29N3O/c1-13-9-17-18(10-14(13)2)24-25(23-17)19-12-15(21(3,4)5)11-16(20(19)26)22(6,7)8/h9-12,26H,1-8H3. The Morgan fingerprint density at radius 3 is 1.69 bits per heavy atom. The van der Waals surface area contributed by atoms with Crippen molar-refractivity contribution in [3.8, 4) is 11.4 Å². The minimum atomic E-state index is -0.181. The van der Waals surface area contributed by atoms with E-state index in [4.69, 9.17) is 0 Å². The minimum absolute atomic E-state index is 0.0395. The van der Waals surface area contributed by atoms with Crippen LogP contribution < -0.4 is 0 Å². The molecule has 0 saturated carbocycles. The Morgan fingerprint density at radius 1 is 0.769 bits per heavy atom. The van der Waals surface area contributed by atoms with Gasteiger partial charge in [-0.15, -0.1) is 15.0 Å². The molecule has 3 rings (SSSR count). The predicted molar refractivity (Wildman–Crippen MR) is 107 cm³/mol. The molecule has 0 saturated heterocycles. The quantitative estimate of drug-likeness (QED) is 0.644. The van der Waals surface area contributed by atoms with E-state index in [1.165, 1.54) is 11.1 Å². The first kappa shape index (κ1) is 18.4. The summed E-state index contributed by atoms with van der Waals surface area (Å²) in [4.78, 5) is 1.57. The fourth-order valence-corrected chi connectivity index (χ4v) is 3.06. The molecule has 1 N–H and O–H groups in total. The number of fused-ring (bicyclic) bond motifs is 1. The van der Waals surface area contributed by atoms with Gasteiger partial charge in [-0.3, -0.25) is 0 Å². The summed E-state index contributed by atoms with van der Waals surface area (Å²) in [5.41, 5.74) is 6.53. The highest BCUT2D eigenvalue weighted by Crippen LogP contribution is 2.39. The van der Waals surface area contributed by atoms with Crippen LogP contribution in [0.1, 0.15) is 63.8 Å². The van der Waals surface area contributed by atoms with Crippen molar-refractivity contribution in [3.05, 3.63) is 46.5 Å². The van der Waals surface area contributed by atoms with Crippen LogP contribution >= 0.6 is 0 Å². The molecule has 0 fully saturated rings. The monoisotopic (exact) mass is 351 g/mol. The lowest BCUT2D eigenvalue weighted by Gasteiger charge is -2.27. The normalized spacial score (nSPS) is 12.8. The highest BCUT2D eigenvalue weighted by molar-refractivity contribution is 5.76. The molecule has 1 aromatic heterocycles. The molecule has 0 radical (unpaired) electrons. The van der Waals surface area contributed by atoms with E-state index >= 15 is 0 Å². The third-order valence-corrected chi connectivity index (χ3v) is 4.98. The van der Waals surface area contributed by atoms with Crippen molar-refractivity contribution in [2.45, 2.75) is 66.2 Å². The molecule has 0 bridgehead atoms. The first-order valence-electron chi connectivity index (χ1n) is 9.10. The average molecular weight is 351 g/mol. The van der Waals surface area contributed by atoms with Gasteiger partial charge in [0.25, 0.3) is 0 Å². The van der Waals surface area contributed by atoms with Crippen LogP contribution in [-0.4, -0.2) is 20.1 Å². The van der Waals surface area contributed by atoms with Gasteiger partial charge in [0.05, 0.1) is 0 Å². The third-order valence-electron chi connectivity index (χ3n) is 4.98. The van der Waals surface area contributed by atoms with E-state index in [1.807, 2.05) is 18.2 Å². The molecule has 0 amide bonds. The fraction of sp³-hybridized carbons (Fsp3) is 0.455. The van der Waals surface area contributed by atoms with E-state index in [9.17, 15) is 5.11 Å². The van der Waals surface area contributed by atoms with Crippen molar-refractivity contribution in [3.63, 3.8) is 0 Å². The molecule has 1 heterocycles. The van der Waals surface area contributed by atoms with Crippen LogP contribution in [0.25, 0.3) is 16.7 Å². The van der Waals surface area contributed by atoms with Gasteiger partial charge in [-0.25, -0.2) is 0 Å². The first-order valence-corrected chi connectivity index (χ1v) is 9.10. The Hall–Kier alpha value is -2.36. The number of nitrogens with zero attached hydrogens (tertiary/aromatic N) is 3. The molecule has 3 aromatic rings. The van der Waals surface area contributed by atoms with Crippen molar-refractivity contribution in [2.75, 3.05) is 0 Å². The largest absolute Gasteiger partial charge is 0.505 e. The van der Waals surface area contributed by atoms with Gasteiger partial charge in [0.1, 0.15) is 22.5 Å². The number of benzene rings is 2. The van der Waals surface area contributed by atoms with Crippen LogP contribution in [0.4, 0.5) is 0 Å². The summed E-state index contributed by atoms with van der Waals surface area (Å²) in [6.45, 7) is 17.0. The molecule has 0 aliphatic carbocycles. The number of phenolic OH excluding ortho intramolecular Hbond substituents is 1. The lowest BCUT2D eigenvalue weighted by molar-refractivity contribution is 0.438. The topological polar surface area (TPSA) is 50.9 Å². The summed E-state index contributed by atoms with van der Waals surface area (Å²) in [6.07, 6.45) is 0. The zero-order valence-corrected chi connectivity index (χ0v) is 17.1.